The average Bonchev–Trinajstić information content (AvgIpc) is 3.28. The van der Waals surface area contributed by atoms with Gasteiger partial charge in [0.2, 0.25) is 5.82 Å². The van der Waals surface area contributed by atoms with Crippen LogP contribution in [0.4, 0.5) is 14.9 Å². The molecule has 1 aliphatic rings. The maximum Gasteiger partial charge on any atom is 0.414 e. The van der Waals surface area contributed by atoms with E-state index in [-0.39, 0.29) is 13.1 Å². The molecule has 2 aromatic heterocycles. The Balaban J connectivity index is 1.56. The number of rotatable bonds is 5. The number of benzene rings is 1. The van der Waals surface area contributed by atoms with E-state index in [0.29, 0.717) is 28.3 Å². The van der Waals surface area contributed by atoms with Crippen LogP contribution in [-0.2, 0) is 11.8 Å². The summed E-state index contributed by atoms with van der Waals surface area (Å²) < 4.78 is 19.7. The van der Waals surface area contributed by atoms with Crippen LogP contribution in [0.15, 0.2) is 41.7 Å². The third-order valence-electron chi connectivity index (χ3n) is 4.23. The highest BCUT2D eigenvalue weighted by Gasteiger charge is 2.32. The van der Waals surface area contributed by atoms with Crippen LogP contribution in [0.25, 0.3) is 22.6 Å². The van der Waals surface area contributed by atoms with Crippen molar-refractivity contribution in [3.8, 4) is 22.6 Å². The molecule has 0 unspecified atom stereocenters. The second-order valence-electron chi connectivity index (χ2n) is 6.13. The number of amides is 1. The van der Waals surface area contributed by atoms with E-state index in [0.717, 1.165) is 0 Å². The first-order valence-electron chi connectivity index (χ1n) is 8.33. The van der Waals surface area contributed by atoms with Gasteiger partial charge in [-0.3, -0.25) is 9.88 Å². The molecule has 3 aromatic rings. The fourth-order valence-electron chi connectivity index (χ4n) is 2.89. The van der Waals surface area contributed by atoms with Crippen molar-refractivity contribution in [3.05, 3.63) is 47.3 Å². The van der Waals surface area contributed by atoms with Crippen LogP contribution < -0.4 is 4.90 Å². The normalized spacial score (nSPS) is 16.3. The monoisotopic (exact) mass is 383 g/mol. The zero-order chi connectivity index (χ0) is 19.7. The van der Waals surface area contributed by atoms with Gasteiger partial charge in [-0.2, -0.15) is 9.70 Å². The topological polar surface area (TPSA) is 115 Å². The van der Waals surface area contributed by atoms with Crippen LogP contribution in [0.3, 0.4) is 0 Å². The fraction of sp³-hybridized carbons (Fsp3) is 0.235. The summed E-state index contributed by atoms with van der Waals surface area (Å²) in [6, 6.07) is 7.78. The van der Waals surface area contributed by atoms with Crippen molar-refractivity contribution in [1.82, 2.24) is 25.2 Å². The summed E-state index contributed by atoms with van der Waals surface area (Å²) in [5, 5.41) is 14.4. The number of aromatic nitrogens is 5. The van der Waals surface area contributed by atoms with Gasteiger partial charge >= 0.3 is 6.09 Å². The predicted octanol–water partition coefficient (Wildman–Crippen LogP) is 2.17. The Morgan fingerprint density at radius 3 is 2.82 bits per heavy atom. The largest absolute Gasteiger partial charge is 0.442 e. The molecular weight excluding hydrogens is 369 g/mol. The first-order chi connectivity index (χ1) is 13.5. The first-order valence-corrected chi connectivity index (χ1v) is 8.33. The Kier molecular flexibility index (Phi) is 4.47. The Morgan fingerprint density at radius 1 is 1.32 bits per heavy atom. The highest BCUT2D eigenvalue weighted by atomic mass is 19.1. The number of ether oxygens (including phenoxy) is 1. The van der Waals surface area contributed by atoms with Gasteiger partial charge in [0.1, 0.15) is 24.2 Å². The number of cyclic esters (lactones) is 1. The number of carbonyl (C=O) groups excluding carboxylic acids is 1. The molecule has 3 heterocycles. The van der Waals surface area contributed by atoms with Crippen molar-refractivity contribution in [1.29, 1.82) is 0 Å². The molecular formula is C17H14FN7O3. The van der Waals surface area contributed by atoms with Gasteiger partial charge in [-0.15, -0.1) is 10.2 Å². The van der Waals surface area contributed by atoms with Gasteiger partial charge in [0, 0.05) is 17.3 Å². The summed E-state index contributed by atoms with van der Waals surface area (Å²) in [6.45, 7) is 0.00615. The molecule has 10 nitrogen and oxygen atoms in total. The summed E-state index contributed by atoms with van der Waals surface area (Å²) >= 11 is 0. The van der Waals surface area contributed by atoms with Gasteiger partial charge in [0.15, 0.2) is 0 Å². The minimum absolute atomic E-state index is 0.137. The molecule has 0 spiro atoms. The number of anilines is 1. The highest BCUT2D eigenvalue weighted by molar-refractivity contribution is 5.90. The molecule has 0 saturated carbocycles. The molecule has 28 heavy (non-hydrogen) atoms. The number of pyridine rings is 1. The molecule has 4 rings (SSSR count). The SMILES string of the molecule is Cn1nnc(-c2ccc(-c3ccc(N4C[C@H](CN=O)OC4=O)cc3F)cn2)n1. The Labute approximate surface area is 157 Å². The van der Waals surface area contributed by atoms with E-state index in [9.17, 15) is 14.1 Å². The molecule has 11 heteroatoms. The zero-order valence-corrected chi connectivity index (χ0v) is 14.7. The van der Waals surface area contributed by atoms with Crippen LogP contribution in [0.2, 0.25) is 0 Å². The lowest BCUT2D eigenvalue weighted by Gasteiger charge is -2.14. The Morgan fingerprint density at radius 2 is 2.18 bits per heavy atom. The summed E-state index contributed by atoms with van der Waals surface area (Å²) in [4.78, 5) is 29.1. The number of carbonyl (C=O) groups is 1. The lowest BCUT2D eigenvalue weighted by Crippen LogP contribution is -2.25. The standard InChI is InChI=1S/C17H14FN7O3/c1-24-22-16(21-23-24)15-5-2-10(7-19-15)13-4-3-11(6-14(13)18)25-9-12(8-20-27)28-17(25)26/h2-7,12H,8-9H2,1H3/t12-/m0/s1. The van der Waals surface area contributed by atoms with Crippen LogP contribution in [0, 0.1) is 10.7 Å². The number of tetrazole rings is 1. The van der Waals surface area contributed by atoms with E-state index in [4.69, 9.17) is 4.74 Å². The van der Waals surface area contributed by atoms with Crippen molar-refractivity contribution >= 4 is 11.8 Å². The molecule has 0 N–H and O–H groups in total. The molecule has 142 valence electrons. The average molecular weight is 383 g/mol. The van der Waals surface area contributed by atoms with Gasteiger partial charge in [-0.1, -0.05) is 11.2 Å². The summed E-state index contributed by atoms with van der Waals surface area (Å²) in [5.41, 5.74) is 1.74. The number of aryl methyl sites for hydroxylation is 1. The van der Waals surface area contributed by atoms with Crippen LogP contribution >= 0.6 is 0 Å². The Bertz CT molecular complexity index is 1040. The number of nitrogens with zero attached hydrogens (tertiary/aromatic N) is 7. The van der Waals surface area contributed by atoms with Gasteiger partial charge < -0.3 is 4.74 Å². The number of hydrogen-bond acceptors (Lipinski definition) is 8. The lowest BCUT2D eigenvalue weighted by molar-refractivity contribution is 0.145. The number of halogens is 1. The van der Waals surface area contributed by atoms with Gasteiger partial charge in [0.05, 0.1) is 19.3 Å². The van der Waals surface area contributed by atoms with E-state index in [1.807, 2.05) is 0 Å². The van der Waals surface area contributed by atoms with Crippen molar-refractivity contribution in [2.45, 2.75) is 6.10 Å². The minimum atomic E-state index is -0.636. The molecule has 1 fully saturated rings. The zero-order valence-electron chi connectivity index (χ0n) is 14.7. The highest BCUT2D eigenvalue weighted by Crippen LogP contribution is 2.29. The van der Waals surface area contributed by atoms with E-state index in [2.05, 4.69) is 25.6 Å². The second kappa shape index (κ2) is 7.10. The lowest BCUT2D eigenvalue weighted by atomic mass is 10.1. The predicted molar refractivity (Wildman–Crippen MR) is 95.7 cm³/mol. The van der Waals surface area contributed by atoms with Gasteiger partial charge in [-0.05, 0) is 29.5 Å². The molecule has 0 aliphatic carbocycles. The first kappa shape index (κ1) is 17.6. The van der Waals surface area contributed by atoms with Crippen LogP contribution in [0.1, 0.15) is 0 Å². The molecule has 0 radical (unpaired) electrons. The van der Waals surface area contributed by atoms with E-state index >= 15 is 0 Å². The molecule has 1 atom stereocenters. The van der Waals surface area contributed by atoms with Gasteiger partial charge in [0.25, 0.3) is 0 Å². The smallest absolute Gasteiger partial charge is 0.414 e. The maximum absolute atomic E-state index is 14.7. The second-order valence-corrected chi connectivity index (χ2v) is 6.13. The molecule has 1 aliphatic heterocycles. The molecule has 1 amide bonds. The third kappa shape index (κ3) is 3.29. The fourth-order valence-corrected chi connectivity index (χ4v) is 2.89. The van der Waals surface area contributed by atoms with Crippen LogP contribution in [0.5, 0.6) is 0 Å². The van der Waals surface area contributed by atoms with E-state index in [1.54, 1.807) is 31.3 Å². The van der Waals surface area contributed by atoms with Crippen LogP contribution in [-0.4, -0.2) is 50.5 Å². The van der Waals surface area contributed by atoms with Crippen molar-refractivity contribution in [3.63, 3.8) is 0 Å². The number of nitroso groups, excluding NO2 is 1. The summed E-state index contributed by atoms with van der Waals surface area (Å²) in [6.07, 6.45) is 0.252. The summed E-state index contributed by atoms with van der Waals surface area (Å²) in [7, 11) is 1.65. The third-order valence-corrected chi connectivity index (χ3v) is 4.23. The van der Waals surface area contributed by atoms with Gasteiger partial charge in [-0.25, -0.2) is 9.18 Å². The quantitative estimate of drug-likeness (QED) is 0.620. The Hall–Kier alpha value is -3.76. The minimum Gasteiger partial charge on any atom is -0.442 e. The molecule has 1 saturated heterocycles. The molecule has 0 bridgehead atoms. The van der Waals surface area contributed by atoms with E-state index < -0.39 is 18.0 Å². The van der Waals surface area contributed by atoms with Crippen molar-refractivity contribution in [2.24, 2.45) is 12.2 Å². The van der Waals surface area contributed by atoms with Crippen molar-refractivity contribution in [2.75, 3.05) is 18.0 Å². The summed E-state index contributed by atoms with van der Waals surface area (Å²) in [5.74, 6) is -0.147. The number of hydrogen-bond donors (Lipinski definition) is 0. The van der Waals surface area contributed by atoms with E-state index in [1.165, 1.54) is 22.0 Å². The van der Waals surface area contributed by atoms with Crippen molar-refractivity contribution < 1.29 is 13.9 Å². The molecule has 1 aromatic carbocycles. The maximum atomic E-state index is 14.7.